The summed E-state index contributed by atoms with van der Waals surface area (Å²) in [6.45, 7) is 0. The normalized spacial score (nSPS) is 11.6. The summed E-state index contributed by atoms with van der Waals surface area (Å²) in [6.07, 6.45) is -0.338. The van der Waals surface area contributed by atoms with Gasteiger partial charge in [-0.3, -0.25) is 4.79 Å². The van der Waals surface area contributed by atoms with Gasteiger partial charge in [0.25, 0.3) is 0 Å². The number of carbonyl (C=O) groups excluding carboxylic acids is 1. The second kappa shape index (κ2) is 6.81. The third-order valence-corrected chi connectivity index (χ3v) is 5.67. The van der Waals surface area contributed by atoms with Gasteiger partial charge in [-0.2, -0.15) is 8.75 Å². The summed E-state index contributed by atoms with van der Waals surface area (Å²) < 4.78 is 58.8. The maximum atomic E-state index is 13.1. The molecule has 0 saturated carbocycles. The van der Waals surface area contributed by atoms with E-state index >= 15 is 0 Å². The molecule has 0 spiro atoms. The van der Waals surface area contributed by atoms with E-state index in [0.29, 0.717) is 5.52 Å². The summed E-state index contributed by atoms with van der Waals surface area (Å²) in [6, 6.07) is 7.49. The van der Waals surface area contributed by atoms with Crippen molar-refractivity contribution in [2.24, 2.45) is 0 Å². The second-order valence-corrected chi connectivity index (χ2v) is 7.74. The zero-order chi connectivity index (χ0) is 18.0. The molecule has 0 atom stereocenters. The van der Waals surface area contributed by atoms with E-state index < -0.39 is 33.1 Å². The van der Waals surface area contributed by atoms with Crippen LogP contribution in [0, 0.1) is 11.6 Å². The first-order chi connectivity index (χ1) is 11.9. The smallest absolute Gasteiger partial charge is 0.225 e. The number of halogens is 2. The number of benzene rings is 2. The second-order valence-electron chi connectivity index (χ2n) is 5.13. The summed E-state index contributed by atoms with van der Waals surface area (Å²) in [5, 5.41) is 2.33. The van der Waals surface area contributed by atoms with Gasteiger partial charge in [0.1, 0.15) is 11.0 Å². The summed E-state index contributed by atoms with van der Waals surface area (Å²) in [4.78, 5) is 11.9. The number of nitrogens with one attached hydrogen (secondary N) is 1. The van der Waals surface area contributed by atoms with E-state index in [-0.39, 0.29) is 22.5 Å². The van der Waals surface area contributed by atoms with Crippen LogP contribution in [0.5, 0.6) is 0 Å². The number of hydrogen-bond acceptors (Lipinski definition) is 6. The molecular weight excluding hydrogens is 372 g/mol. The number of rotatable bonds is 5. The van der Waals surface area contributed by atoms with Crippen molar-refractivity contribution in [2.45, 2.75) is 11.3 Å². The zero-order valence-corrected chi connectivity index (χ0v) is 14.2. The monoisotopic (exact) mass is 383 g/mol. The van der Waals surface area contributed by atoms with Crippen LogP contribution in [-0.2, 0) is 14.6 Å². The Hall–Kier alpha value is -2.46. The van der Waals surface area contributed by atoms with E-state index in [2.05, 4.69) is 14.1 Å². The summed E-state index contributed by atoms with van der Waals surface area (Å²) in [5.74, 6) is -3.21. The van der Waals surface area contributed by atoms with Crippen molar-refractivity contribution >= 4 is 44.2 Å². The van der Waals surface area contributed by atoms with Gasteiger partial charge in [0.05, 0.1) is 22.4 Å². The summed E-state index contributed by atoms with van der Waals surface area (Å²) in [5.41, 5.74) is 0.790. The van der Waals surface area contributed by atoms with Crippen LogP contribution in [0.15, 0.2) is 41.3 Å². The highest BCUT2D eigenvalue weighted by atomic mass is 32.2. The number of sulfone groups is 1. The topological polar surface area (TPSA) is 89.0 Å². The molecule has 0 radical (unpaired) electrons. The van der Waals surface area contributed by atoms with Crippen LogP contribution in [0.4, 0.5) is 14.5 Å². The van der Waals surface area contributed by atoms with Gasteiger partial charge in [0, 0.05) is 18.2 Å². The molecule has 2 aromatic carbocycles. The third-order valence-electron chi connectivity index (χ3n) is 3.39. The van der Waals surface area contributed by atoms with Crippen molar-refractivity contribution in [3.05, 3.63) is 48.0 Å². The molecule has 0 unspecified atom stereocenters. The molecule has 1 heterocycles. The number of aromatic nitrogens is 2. The molecule has 130 valence electrons. The van der Waals surface area contributed by atoms with E-state index in [4.69, 9.17) is 0 Å². The quantitative estimate of drug-likeness (QED) is 0.732. The standard InChI is InChI=1S/C15H11F2N3O3S2/c16-10-5-4-9(8-11(10)17)18-14(21)6-7-25(22,23)13-3-1-2-12-15(13)20-24-19-12/h1-5,8H,6-7H2,(H,18,21). The summed E-state index contributed by atoms with van der Waals surface area (Å²) >= 11 is 0.902. The Kier molecular flexibility index (Phi) is 4.73. The first kappa shape index (κ1) is 17.4. The number of hydrogen-bond donors (Lipinski definition) is 1. The molecule has 0 aliphatic rings. The average molecular weight is 383 g/mol. The van der Waals surface area contributed by atoms with E-state index in [9.17, 15) is 22.0 Å². The lowest BCUT2D eigenvalue weighted by Gasteiger charge is -2.07. The van der Waals surface area contributed by atoms with Gasteiger partial charge in [0.2, 0.25) is 5.91 Å². The van der Waals surface area contributed by atoms with Gasteiger partial charge in [-0.25, -0.2) is 17.2 Å². The maximum absolute atomic E-state index is 13.1. The fraction of sp³-hybridized carbons (Fsp3) is 0.133. The highest BCUT2D eigenvalue weighted by molar-refractivity contribution is 7.91. The first-order valence-corrected chi connectivity index (χ1v) is 9.44. The van der Waals surface area contributed by atoms with Crippen molar-refractivity contribution in [1.29, 1.82) is 0 Å². The van der Waals surface area contributed by atoms with Crippen molar-refractivity contribution in [2.75, 3.05) is 11.1 Å². The molecule has 0 aliphatic heterocycles. The van der Waals surface area contributed by atoms with E-state index in [1.54, 1.807) is 12.1 Å². The van der Waals surface area contributed by atoms with Gasteiger partial charge >= 0.3 is 0 Å². The lowest BCUT2D eigenvalue weighted by molar-refractivity contribution is -0.115. The number of anilines is 1. The van der Waals surface area contributed by atoms with Crippen molar-refractivity contribution in [3.8, 4) is 0 Å². The van der Waals surface area contributed by atoms with Crippen LogP contribution in [-0.4, -0.2) is 28.8 Å². The van der Waals surface area contributed by atoms with Gasteiger partial charge in [-0.05, 0) is 24.3 Å². The SMILES string of the molecule is O=C(CCS(=O)(=O)c1cccc2nsnc12)Nc1ccc(F)c(F)c1. The Morgan fingerprint density at radius 2 is 1.92 bits per heavy atom. The fourth-order valence-corrected chi connectivity index (χ4v) is 4.18. The van der Waals surface area contributed by atoms with Gasteiger partial charge in [-0.1, -0.05) is 6.07 Å². The molecule has 1 N–H and O–H groups in total. The Balaban J connectivity index is 1.70. The molecule has 1 aromatic heterocycles. The zero-order valence-electron chi connectivity index (χ0n) is 12.6. The predicted molar refractivity (Wildman–Crippen MR) is 89.1 cm³/mol. The third kappa shape index (κ3) is 3.80. The molecule has 3 aromatic rings. The maximum Gasteiger partial charge on any atom is 0.225 e. The number of nitrogens with zero attached hydrogens (tertiary/aromatic N) is 2. The van der Waals surface area contributed by atoms with Crippen LogP contribution in [0.3, 0.4) is 0 Å². The minimum Gasteiger partial charge on any atom is -0.326 e. The lowest BCUT2D eigenvalue weighted by atomic mass is 10.3. The molecule has 6 nitrogen and oxygen atoms in total. The Labute approximate surface area is 145 Å². The predicted octanol–water partition coefficient (Wildman–Crippen LogP) is 2.77. The minimum atomic E-state index is -3.75. The Morgan fingerprint density at radius 1 is 1.12 bits per heavy atom. The molecule has 10 heteroatoms. The average Bonchev–Trinajstić information content (AvgIpc) is 3.05. The van der Waals surface area contributed by atoms with Crippen LogP contribution in [0.2, 0.25) is 0 Å². The molecule has 0 fully saturated rings. The van der Waals surface area contributed by atoms with Crippen molar-refractivity contribution in [3.63, 3.8) is 0 Å². The van der Waals surface area contributed by atoms with Gasteiger partial charge < -0.3 is 5.32 Å². The Morgan fingerprint density at radius 3 is 2.68 bits per heavy atom. The molecule has 0 bridgehead atoms. The highest BCUT2D eigenvalue weighted by Crippen LogP contribution is 2.22. The fourth-order valence-electron chi connectivity index (χ4n) is 2.17. The van der Waals surface area contributed by atoms with Crippen LogP contribution in [0.1, 0.15) is 6.42 Å². The van der Waals surface area contributed by atoms with Crippen molar-refractivity contribution in [1.82, 2.24) is 8.75 Å². The number of carbonyl (C=O) groups is 1. The van der Waals surface area contributed by atoms with Crippen LogP contribution >= 0.6 is 11.7 Å². The molecule has 1 amide bonds. The Bertz CT molecular complexity index is 1050. The van der Waals surface area contributed by atoms with E-state index in [1.165, 1.54) is 12.1 Å². The minimum absolute atomic E-state index is 0.0133. The molecule has 25 heavy (non-hydrogen) atoms. The molecule has 0 saturated heterocycles. The lowest BCUT2D eigenvalue weighted by Crippen LogP contribution is -2.17. The molecular formula is C15H11F2N3O3S2. The summed E-state index contributed by atoms with van der Waals surface area (Å²) in [7, 11) is -3.75. The van der Waals surface area contributed by atoms with Crippen LogP contribution < -0.4 is 5.32 Å². The number of amides is 1. The highest BCUT2D eigenvalue weighted by Gasteiger charge is 2.21. The first-order valence-electron chi connectivity index (χ1n) is 7.06. The van der Waals surface area contributed by atoms with E-state index in [1.807, 2.05) is 0 Å². The molecule has 3 rings (SSSR count). The van der Waals surface area contributed by atoms with Crippen LogP contribution in [0.25, 0.3) is 11.0 Å². The van der Waals surface area contributed by atoms with Gasteiger partial charge in [-0.15, -0.1) is 0 Å². The van der Waals surface area contributed by atoms with Crippen molar-refractivity contribution < 1.29 is 22.0 Å². The largest absolute Gasteiger partial charge is 0.326 e. The van der Waals surface area contributed by atoms with E-state index in [0.717, 1.165) is 23.9 Å². The van der Waals surface area contributed by atoms with Gasteiger partial charge in [0.15, 0.2) is 21.5 Å². The molecule has 0 aliphatic carbocycles. The number of fused-ring (bicyclic) bond motifs is 1.